The predicted molar refractivity (Wildman–Crippen MR) is 89.3 cm³/mol. The number of aromatic nitrogens is 2. The van der Waals surface area contributed by atoms with E-state index in [9.17, 15) is 4.39 Å². The van der Waals surface area contributed by atoms with Crippen LogP contribution in [0.5, 0.6) is 0 Å². The SMILES string of the molecule is Cc1cnc(-c2nc(Cc3c(F)cccc3Cl)cs2)cc1Cl. The minimum Gasteiger partial charge on any atom is -0.253 e. The van der Waals surface area contributed by atoms with E-state index in [-0.39, 0.29) is 5.82 Å². The van der Waals surface area contributed by atoms with Gasteiger partial charge in [-0.05, 0) is 30.7 Å². The highest BCUT2D eigenvalue weighted by atomic mass is 35.5. The van der Waals surface area contributed by atoms with Crippen molar-refractivity contribution in [1.29, 1.82) is 0 Å². The van der Waals surface area contributed by atoms with Gasteiger partial charge in [0.25, 0.3) is 0 Å². The van der Waals surface area contributed by atoms with Gasteiger partial charge in [-0.15, -0.1) is 11.3 Å². The van der Waals surface area contributed by atoms with Gasteiger partial charge in [0.1, 0.15) is 16.5 Å². The van der Waals surface area contributed by atoms with Crippen molar-refractivity contribution in [3.63, 3.8) is 0 Å². The van der Waals surface area contributed by atoms with E-state index in [0.717, 1.165) is 16.3 Å². The summed E-state index contributed by atoms with van der Waals surface area (Å²) in [4.78, 5) is 8.83. The summed E-state index contributed by atoms with van der Waals surface area (Å²) in [5.74, 6) is -0.321. The summed E-state index contributed by atoms with van der Waals surface area (Å²) in [5.41, 5.74) is 2.84. The molecule has 3 rings (SSSR count). The number of hydrogen-bond acceptors (Lipinski definition) is 3. The van der Waals surface area contributed by atoms with E-state index in [1.807, 2.05) is 12.3 Å². The minimum absolute atomic E-state index is 0.321. The average Bonchev–Trinajstić information content (AvgIpc) is 2.95. The molecule has 0 unspecified atom stereocenters. The van der Waals surface area contributed by atoms with Crippen molar-refractivity contribution >= 4 is 34.5 Å². The van der Waals surface area contributed by atoms with Gasteiger partial charge in [0.05, 0.1) is 5.69 Å². The van der Waals surface area contributed by atoms with Crippen LogP contribution in [0.2, 0.25) is 10.0 Å². The van der Waals surface area contributed by atoms with Gasteiger partial charge in [0.2, 0.25) is 0 Å². The van der Waals surface area contributed by atoms with Crippen LogP contribution in [-0.4, -0.2) is 9.97 Å². The van der Waals surface area contributed by atoms with Crippen LogP contribution >= 0.6 is 34.5 Å². The van der Waals surface area contributed by atoms with E-state index >= 15 is 0 Å². The molecule has 0 radical (unpaired) electrons. The van der Waals surface area contributed by atoms with E-state index in [2.05, 4.69) is 9.97 Å². The molecule has 2 aromatic heterocycles. The highest BCUT2D eigenvalue weighted by molar-refractivity contribution is 7.13. The van der Waals surface area contributed by atoms with Crippen molar-refractivity contribution in [3.05, 3.63) is 68.5 Å². The highest BCUT2D eigenvalue weighted by Gasteiger charge is 2.12. The summed E-state index contributed by atoms with van der Waals surface area (Å²) < 4.78 is 13.8. The van der Waals surface area contributed by atoms with Gasteiger partial charge in [-0.1, -0.05) is 29.3 Å². The fourth-order valence-corrected chi connectivity index (χ4v) is 3.17. The summed E-state index contributed by atoms with van der Waals surface area (Å²) in [6.07, 6.45) is 2.06. The standard InChI is InChI=1S/C16H11Cl2FN2S/c1-9-7-20-15(6-13(9)18)16-21-10(8-22-16)5-11-12(17)3-2-4-14(11)19/h2-4,6-8H,5H2,1H3. The van der Waals surface area contributed by atoms with Crippen LogP contribution in [0.1, 0.15) is 16.8 Å². The third-order valence-corrected chi connectivity index (χ3v) is 4.90. The minimum atomic E-state index is -0.321. The lowest BCUT2D eigenvalue weighted by Gasteiger charge is -2.03. The van der Waals surface area contributed by atoms with Gasteiger partial charge >= 0.3 is 0 Å². The Bertz CT molecular complexity index is 813. The molecule has 1 aromatic carbocycles. The van der Waals surface area contributed by atoms with Crippen LogP contribution in [0.25, 0.3) is 10.7 Å². The summed E-state index contributed by atoms with van der Waals surface area (Å²) in [5, 5.41) is 3.70. The van der Waals surface area contributed by atoms with E-state index in [0.29, 0.717) is 27.7 Å². The number of aryl methyl sites for hydroxylation is 1. The fraction of sp³-hybridized carbons (Fsp3) is 0.125. The average molecular weight is 353 g/mol. The predicted octanol–water partition coefficient (Wildman–Crippen LogP) is 5.55. The fourth-order valence-electron chi connectivity index (χ4n) is 2.00. The van der Waals surface area contributed by atoms with Crippen molar-refractivity contribution in [3.8, 4) is 10.7 Å². The monoisotopic (exact) mass is 352 g/mol. The molecule has 0 spiro atoms. The number of rotatable bonds is 3. The zero-order chi connectivity index (χ0) is 15.7. The molecule has 0 bridgehead atoms. The van der Waals surface area contributed by atoms with Crippen molar-refractivity contribution in [1.82, 2.24) is 9.97 Å². The molecule has 0 fully saturated rings. The summed E-state index contributed by atoms with van der Waals surface area (Å²) >= 11 is 13.6. The normalized spacial score (nSPS) is 10.9. The molecule has 2 nitrogen and oxygen atoms in total. The molecule has 6 heteroatoms. The number of pyridine rings is 1. The number of hydrogen-bond donors (Lipinski definition) is 0. The Morgan fingerprint density at radius 2 is 2.05 bits per heavy atom. The lowest BCUT2D eigenvalue weighted by Crippen LogP contribution is -1.94. The summed E-state index contributed by atoms with van der Waals surface area (Å²) in [7, 11) is 0. The van der Waals surface area contributed by atoms with Crippen LogP contribution in [0.3, 0.4) is 0 Å². The Morgan fingerprint density at radius 1 is 1.23 bits per heavy atom. The molecular weight excluding hydrogens is 342 g/mol. The Morgan fingerprint density at radius 3 is 2.77 bits per heavy atom. The highest BCUT2D eigenvalue weighted by Crippen LogP contribution is 2.28. The van der Waals surface area contributed by atoms with Crippen LogP contribution in [0.15, 0.2) is 35.8 Å². The molecule has 0 aliphatic rings. The zero-order valence-corrected chi connectivity index (χ0v) is 13.9. The molecule has 0 aliphatic carbocycles. The van der Waals surface area contributed by atoms with Crippen LogP contribution in [0.4, 0.5) is 4.39 Å². The topological polar surface area (TPSA) is 25.8 Å². The second-order valence-electron chi connectivity index (χ2n) is 4.84. The largest absolute Gasteiger partial charge is 0.253 e. The first-order valence-corrected chi connectivity index (χ1v) is 8.18. The number of halogens is 3. The second kappa shape index (κ2) is 6.32. The molecule has 0 aliphatic heterocycles. The van der Waals surface area contributed by atoms with Crippen LogP contribution < -0.4 is 0 Å². The van der Waals surface area contributed by atoms with E-state index in [4.69, 9.17) is 23.2 Å². The van der Waals surface area contributed by atoms with Crippen molar-refractivity contribution in [2.45, 2.75) is 13.3 Å². The first kappa shape index (κ1) is 15.4. The Kier molecular flexibility index (Phi) is 4.43. The molecule has 112 valence electrons. The molecule has 0 N–H and O–H groups in total. The third-order valence-electron chi connectivity index (χ3n) is 3.23. The van der Waals surface area contributed by atoms with Gasteiger partial charge in [-0.25, -0.2) is 9.37 Å². The number of thiazole rings is 1. The summed E-state index contributed by atoms with van der Waals surface area (Å²) in [6, 6.07) is 6.45. The third kappa shape index (κ3) is 3.14. The lowest BCUT2D eigenvalue weighted by atomic mass is 10.1. The van der Waals surface area contributed by atoms with Gasteiger partial charge in [-0.2, -0.15) is 0 Å². The van der Waals surface area contributed by atoms with Crippen LogP contribution in [-0.2, 0) is 6.42 Å². The molecule has 0 saturated carbocycles. The zero-order valence-electron chi connectivity index (χ0n) is 11.6. The quantitative estimate of drug-likeness (QED) is 0.617. The molecule has 2 heterocycles. The van der Waals surface area contributed by atoms with Gasteiger partial charge < -0.3 is 0 Å². The number of benzene rings is 1. The molecular formula is C16H11Cl2FN2S. The Balaban J connectivity index is 1.89. The molecule has 0 amide bonds. The molecule has 0 saturated heterocycles. The lowest BCUT2D eigenvalue weighted by molar-refractivity contribution is 0.613. The maximum absolute atomic E-state index is 13.8. The maximum atomic E-state index is 13.8. The van der Waals surface area contributed by atoms with E-state index in [1.165, 1.54) is 17.4 Å². The molecule has 22 heavy (non-hydrogen) atoms. The number of nitrogens with zero attached hydrogens (tertiary/aromatic N) is 2. The summed E-state index contributed by atoms with van der Waals surface area (Å²) in [6.45, 7) is 1.90. The Hall–Kier alpha value is -1.49. The Labute approximate surface area is 141 Å². The first-order chi connectivity index (χ1) is 10.5. The smallest absolute Gasteiger partial charge is 0.142 e. The maximum Gasteiger partial charge on any atom is 0.142 e. The van der Waals surface area contributed by atoms with Crippen molar-refractivity contribution < 1.29 is 4.39 Å². The van der Waals surface area contributed by atoms with E-state index in [1.54, 1.807) is 24.4 Å². The van der Waals surface area contributed by atoms with Gasteiger partial charge in [0, 0.05) is 33.6 Å². The van der Waals surface area contributed by atoms with Crippen molar-refractivity contribution in [2.24, 2.45) is 0 Å². The first-order valence-electron chi connectivity index (χ1n) is 6.54. The molecule has 3 aromatic rings. The van der Waals surface area contributed by atoms with Gasteiger partial charge in [0.15, 0.2) is 0 Å². The molecule has 0 atom stereocenters. The van der Waals surface area contributed by atoms with E-state index < -0.39 is 0 Å². The van der Waals surface area contributed by atoms with Gasteiger partial charge in [-0.3, -0.25) is 4.98 Å². The second-order valence-corrected chi connectivity index (χ2v) is 6.51. The van der Waals surface area contributed by atoms with Crippen LogP contribution in [0, 0.1) is 12.7 Å². The van der Waals surface area contributed by atoms with Crippen molar-refractivity contribution in [2.75, 3.05) is 0 Å².